The Labute approximate surface area is 124 Å². The zero-order valence-electron chi connectivity index (χ0n) is 12.2. The molecule has 0 aliphatic heterocycles. The van der Waals surface area contributed by atoms with Crippen LogP contribution >= 0.6 is 0 Å². The molecule has 0 spiro atoms. The van der Waals surface area contributed by atoms with Crippen LogP contribution in [0.3, 0.4) is 0 Å². The van der Waals surface area contributed by atoms with Crippen molar-refractivity contribution in [2.75, 3.05) is 18.6 Å². The molecule has 0 aliphatic carbocycles. The molecular formula is C17H18FNO2. The maximum atomic E-state index is 13.9. The van der Waals surface area contributed by atoms with Gasteiger partial charge < -0.3 is 9.64 Å². The molecule has 2 rings (SSSR count). The minimum atomic E-state index is -0.379. The Morgan fingerprint density at radius 3 is 2.48 bits per heavy atom. The molecule has 110 valence electrons. The lowest BCUT2D eigenvalue weighted by Crippen LogP contribution is -2.24. The molecule has 2 aromatic carbocycles. The van der Waals surface area contributed by atoms with Crippen molar-refractivity contribution < 1.29 is 13.9 Å². The van der Waals surface area contributed by atoms with Crippen molar-refractivity contribution in [2.45, 2.75) is 13.5 Å². The second kappa shape index (κ2) is 6.88. The summed E-state index contributed by atoms with van der Waals surface area (Å²) in [6.07, 6.45) is 0. The number of para-hydroxylation sites is 1. The van der Waals surface area contributed by atoms with E-state index in [9.17, 15) is 9.18 Å². The van der Waals surface area contributed by atoms with Gasteiger partial charge in [-0.3, -0.25) is 0 Å². The van der Waals surface area contributed by atoms with Gasteiger partial charge in [0, 0.05) is 13.1 Å². The van der Waals surface area contributed by atoms with E-state index in [4.69, 9.17) is 4.74 Å². The largest absolute Gasteiger partial charge is 0.465 e. The number of nitrogens with zero attached hydrogens (tertiary/aromatic N) is 1. The molecule has 0 N–H and O–H groups in total. The van der Waals surface area contributed by atoms with Crippen LogP contribution < -0.4 is 4.90 Å². The number of carbonyl (C=O) groups is 1. The van der Waals surface area contributed by atoms with Crippen molar-refractivity contribution in [2.24, 2.45) is 0 Å². The highest BCUT2D eigenvalue weighted by Crippen LogP contribution is 2.22. The first kappa shape index (κ1) is 15.0. The molecule has 0 fully saturated rings. The molecule has 0 aliphatic rings. The number of benzene rings is 2. The summed E-state index contributed by atoms with van der Waals surface area (Å²) in [7, 11) is 1.35. The van der Waals surface area contributed by atoms with Crippen LogP contribution in [0.15, 0.2) is 48.5 Å². The molecule has 3 nitrogen and oxygen atoms in total. The molecule has 21 heavy (non-hydrogen) atoms. The maximum Gasteiger partial charge on any atom is 0.338 e. The molecule has 2 aromatic rings. The lowest BCUT2D eigenvalue weighted by molar-refractivity contribution is 0.0599. The van der Waals surface area contributed by atoms with Gasteiger partial charge in [0.1, 0.15) is 5.82 Å². The quantitative estimate of drug-likeness (QED) is 0.786. The first-order valence-corrected chi connectivity index (χ1v) is 6.83. The van der Waals surface area contributed by atoms with Crippen molar-refractivity contribution in [3.63, 3.8) is 0 Å². The van der Waals surface area contributed by atoms with Crippen LogP contribution in [0.4, 0.5) is 10.1 Å². The maximum absolute atomic E-state index is 13.9. The van der Waals surface area contributed by atoms with Gasteiger partial charge in [0.2, 0.25) is 0 Å². The van der Waals surface area contributed by atoms with E-state index in [0.717, 1.165) is 5.56 Å². The fraction of sp³-hybridized carbons (Fsp3) is 0.235. The van der Waals surface area contributed by atoms with E-state index in [1.54, 1.807) is 30.3 Å². The van der Waals surface area contributed by atoms with Gasteiger partial charge in [-0.1, -0.05) is 30.3 Å². The summed E-state index contributed by atoms with van der Waals surface area (Å²) in [6, 6.07) is 13.9. The number of halogens is 1. The van der Waals surface area contributed by atoms with E-state index in [0.29, 0.717) is 24.3 Å². The molecular weight excluding hydrogens is 269 g/mol. The van der Waals surface area contributed by atoms with Crippen molar-refractivity contribution in [3.05, 3.63) is 65.5 Å². The summed E-state index contributed by atoms with van der Waals surface area (Å²) < 4.78 is 18.7. The number of rotatable bonds is 5. The van der Waals surface area contributed by atoms with Crippen LogP contribution in [0.5, 0.6) is 0 Å². The van der Waals surface area contributed by atoms with Gasteiger partial charge in [0.15, 0.2) is 0 Å². The molecule has 0 unspecified atom stereocenters. The molecule has 0 saturated carbocycles. The molecule has 0 aromatic heterocycles. The minimum Gasteiger partial charge on any atom is -0.465 e. The summed E-state index contributed by atoms with van der Waals surface area (Å²) in [5.41, 5.74) is 1.85. The van der Waals surface area contributed by atoms with Crippen molar-refractivity contribution in [1.82, 2.24) is 0 Å². The van der Waals surface area contributed by atoms with E-state index in [2.05, 4.69) is 0 Å². The summed E-state index contributed by atoms with van der Waals surface area (Å²) >= 11 is 0. The summed E-state index contributed by atoms with van der Waals surface area (Å²) in [5, 5.41) is 0. The third-order valence-corrected chi connectivity index (χ3v) is 3.36. The minimum absolute atomic E-state index is 0.269. The number of methoxy groups -OCH3 is 1. The van der Waals surface area contributed by atoms with E-state index in [1.807, 2.05) is 24.0 Å². The van der Waals surface area contributed by atoms with Gasteiger partial charge in [0.05, 0.1) is 18.4 Å². The topological polar surface area (TPSA) is 29.5 Å². The van der Waals surface area contributed by atoms with Crippen LogP contribution in [-0.4, -0.2) is 19.6 Å². The summed E-state index contributed by atoms with van der Waals surface area (Å²) in [4.78, 5) is 13.7. The Bertz CT molecular complexity index is 628. The van der Waals surface area contributed by atoms with E-state index >= 15 is 0 Å². The van der Waals surface area contributed by atoms with Crippen LogP contribution in [-0.2, 0) is 11.3 Å². The molecule has 0 heterocycles. The monoisotopic (exact) mass is 287 g/mol. The normalized spacial score (nSPS) is 10.2. The van der Waals surface area contributed by atoms with Crippen LogP contribution in [0, 0.1) is 5.82 Å². The van der Waals surface area contributed by atoms with Crippen LogP contribution in [0.2, 0.25) is 0 Å². The second-order valence-electron chi connectivity index (χ2n) is 4.61. The Hall–Kier alpha value is -2.36. The molecule has 0 amide bonds. The number of hydrogen-bond acceptors (Lipinski definition) is 3. The fourth-order valence-corrected chi connectivity index (χ4v) is 2.25. The number of ether oxygens (including phenoxy) is 1. The Morgan fingerprint density at radius 2 is 1.81 bits per heavy atom. The highest BCUT2D eigenvalue weighted by molar-refractivity contribution is 5.91. The SMILES string of the molecule is CCN(Cc1ccccc1C(=O)OC)c1ccccc1F. The lowest BCUT2D eigenvalue weighted by Gasteiger charge is -2.24. The fourth-order valence-electron chi connectivity index (χ4n) is 2.25. The molecule has 0 atom stereocenters. The molecule has 4 heteroatoms. The van der Waals surface area contributed by atoms with Crippen LogP contribution in [0.25, 0.3) is 0 Å². The number of esters is 1. The zero-order chi connectivity index (χ0) is 15.2. The highest BCUT2D eigenvalue weighted by atomic mass is 19.1. The Morgan fingerprint density at radius 1 is 1.14 bits per heavy atom. The van der Waals surface area contributed by atoms with Gasteiger partial charge >= 0.3 is 5.97 Å². The number of carbonyl (C=O) groups excluding carboxylic acids is 1. The Balaban J connectivity index is 2.32. The van der Waals surface area contributed by atoms with Gasteiger partial charge in [-0.15, -0.1) is 0 Å². The molecule has 0 saturated heterocycles. The molecule has 0 radical (unpaired) electrons. The zero-order valence-corrected chi connectivity index (χ0v) is 12.2. The average molecular weight is 287 g/mol. The third-order valence-electron chi connectivity index (χ3n) is 3.36. The van der Waals surface area contributed by atoms with Crippen molar-refractivity contribution >= 4 is 11.7 Å². The van der Waals surface area contributed by atoms with Crippen LogP contribution in [0.1, 0.15) is 22.8 Å². The highest BCUT2D eigenvalue weighted by Gasteiger charge is 2.15. The predicted molar refractivity (Wildman–Crippen MR) is 80.9 cm³/mol. The number of hydrogen-bond donors (Lipinski definition) is 0. The van der Waals surface area contributed by atoms with Crippen molar-refractivity contribution in [1.29, 1.82) is 0 Å². The van der Waals surface area contributed by atoms with Crippen molar-refractivity contribution in [3.8, 4) is 0 Å². The smallest absolute Gasteiger partial charge is 0.338 e. The average Bonchev–Trinajstić information content (AvgIpc) is 2.53. The predicted octanol–water partition coefficient (Wildman–Crippen LogP) is 3.64. The van der Waals surface area contributed by atoms with E-state index in [1.165, 1.54) is 13.2 Å². The van der Waals surface area contributed by atoms with E-state index in [-0.39, 0.29) is 11.8 Å². The van der Waals surface area contributed by atoms with Gasteiger partial charge in [-0.25, -0.2) is 9.18 Å². The lowest BCUT2D eigenvalue weighted by atomic mass is 10.1. The summed E-state index contributed by atoms with van der Waals surface area (Å²) in [5.74, 6) is -0.648. The summed E-state index contributed by atoms with van der Waals surface area (Å²) in [6.45, 7) is 3.03. The first-order valence-electron chi connectivity index (χ1n) is 6.83. The Kier molecular flexibility index (Phi) is 4.93. The van der Waals surface area contributed by atoms with E-state index < -0.39 is 0 Å². The van der Waals surface area contributed by atoms with Gasteiger partial charge in [-0.05, 0) is 30.7 Å². The number of anilines is 1. The van der Waals surface area contributed by atoms with Gasteiger partial charge in [0.25, 0.3) is 0 Å². The third kappa shape index (κ3) is 3.40. The second-order valence-corrected chi connectivity index (χ2v) is 4.61. The standard InChI is InChI=1S/C17H18FNO2/c1-3-19(16-11-7-6-10-15(16)18)12-13-8-4-5-9-14(13)17(20)21-2/h4-11H,3,12H2,1-2H3. The first-order chi connectivity index (χ1) is 10.2. The molecule has 0 bridgehead atoms. The van der Waals surface area contributed by atoms with Gasteiger partial charge in [-0.2, -0.15) is 0 Å².